The second-order valence-corrected chi connectivity index (χ2v) is 15.3. The Bertz CT molecular complexity index is 2510. The number of hydrogen-bond donors (Lipinski definition) is 2. The summed E-state index contributed by atoms with van der Waals surface area (Å²) >= 11 is 14.2. The number of amides is 2. The second-order valence-electron chi connectivity index (χ2n) is 14.6. The Labute approximate surface area is 343 Å². The van der Waals surface area contributed by atoms with Crippen LogP contribution >= 0.6 is 23.2 Å². The maximum absolute atomic E-state index is 14.0. The third kappa shape index (κ3) is 7.75. The minimum Gasteiger partial charge on any atom is -0.481 e. The molecular weight excluding hydrogens is 793 g/mol. The van der Waals surface area contributed by atoms with Crippen molar-refractivity contribution in [2.24, 2.45) is 14.1 Å². The molecular formula is C41H44Cl2F2N8O5. The molecule has 17 heteroatoms. The number of nitrogens with zero attached hydrogens (tertiary/aromatic N) is 6. The Balaban J connectivity index is 1.15. The van der Waals surface area contributed by atoms with Crippen LogP contribution in [0.4, 0.5) is 25.1 Å². The average Bonchev–Trinajstić information content (AvgIpc) is 3.65. The number of alkyl halides is 2. The summed E-state index contributed by atoms with van der Waals surface area (Å²) in [6, 6.07) is 13.9. The van der Waals surface area contributed by atoms with Gasteiger partial charge in [-0.2, -0.15) is 0 Å². The van der Waals surface area contributed by atoms with Crippen molar-refractivity contribution in [2.75, 3.05) is 52.8 Å². The van der Waals surface area contributed by atoms with Crippen LogP contribution in [0.5, 0.6) is 5.88 Å². The number of methoxy groups -OCH3 is 2. The van der Waals surface area contributed by atoms with Gasteiger partial charge < -0.3 is 25.0 Å². The number of fused-ring (bicyclic) bond motifs is 2. The van der Waals surface area contributed by atoms with Gasteiger partial charge in [0.2, 0.25) is 5.88 Å². The Morgan fingerprint density at radius 3 is 2.41 bits per heavy atom. The van der Waals surface area contributed by atoms with Crippen LogP contribution in [0.2, 0.25) is 10.0 Å². The number of aryl methyl sites for hydroxylation is 2. The molecule has 2 atom stereocenters. The lowest BCUT2D eigenvalue weighted by Gasteiger charge is -2.34. The summed E-state index contributed by atoms with van der Waals surface area (Å²) in [5.41, 5.74) is 2.83. The van der Waals surface area contributed by atoms with E-state index < -0.39 is 23.4 Å². The first-order valence-electron chi connectivity index (χ1n) is 18.9. The molecule has 0 bridgehead atoms. The van der Waals surface area contributed by atoms with E-state index in [0.29, 0.717) is 53.0 Å². The number of ether oxygens (including phenoxy) is 2. The molecule has 306 valence electrons. The van der Waals surface area contributed by atoms with Gasteiger partial charge in [-0.25, -0.2) is 28.3 Å². The lowest BCUT2D eigenvalue weighted by Crippen LogP contribution is -2.53. The molecule has 0 saturated carbocycles. The highest BCUT2D eigenvalue weighted by atomic mass is 35.5. The summed E-state index contributed by atoms with van der Waals surface area (Å²) in [5.74, 6) is 0.341. The first kappa shape index (κ1) is 41.1. The van der Waals surface area contributed by atoms with Gasteiger partial charge in [-0.15, -0.1) is 0 Å². The Hall–Kier alpha value is -5.09. The Kier molecular flexibility index (Phi) is 12.1. The van der Waals surface area contributed by atoms with Crippen LogP contribution in [0, 0.1) is 0 Å². The summed E-state index contributed by atoms with van der Waals surface area (Å²) < 4.78 is 41.0. The van der Waals surface area contributed by atoms with Crippen LogP contribution in [0.25, 0.3) is 33.3 Å². The fourth-order valence-electron chi connectivity index (χ4n) is 7.93. The number of halogens is 4. The van der Waals surface area contributed by atoms with Crippen molar-refractivity contribution in [3.63, 3.8) is 0 Å². The minimum absolute atomic E-state index is 0.000522. The summed E-state index contributed by atoms with van der Waals surface area (Å²) in [6.07, 6.45) is 0.413. The normalized spacial score (nSPS) is 16.7. The molecule has 7 rings (SSSR count). The van der Waals surface area contributed by atoms with Crippen molar-refractivity contribution in [3.05, 3.63) is 96.2 Å². The van der Waals surface area contributed by atoms with E-state index in [0.717, 1.165) is 58.6 Å². The van der Waals surface area contributed by atoms with Gasteiger partial charge in [-0.1, -0.05) is 53.5 Å². The molecule has 0 radical (unpaired) electrons. The molecule has 1 saturated heterocycles. The number of carbonyl (C=O) groups is 1. The fourth-order valence-corrected chi connectivity index (χ4v) is 8.53. The molecule has 5 aromatic rings. The van der Waals surface area contributed by atoms with E-state index in [1.54, 1.807) is 37.3 Å². The lowest BCUT2D eigenvalue weighted by atomic mass is 9.99. The number of rotatable bonds is 13. The van der Waals surface area contributed by atoms with Gasteiger partial charge in [0, 0.05) is 75.2 Å². The second kappa shape index (κ2) is 17.0. The van der Waals surface area contributed by atoms with Crippen LogP contribution in [0.1, 0.15) is 48.6 Å². The highest BCUT2D eigenvalue weighted by Gasteiger charge is 2.33. The number of nitrogens with one attached hydrogen (secondary N) is 2. The standard InChI is InChI=1S/C41H44Cl2F2N8O5/c1-50(16-14-23-15-17-53(18-19-57-4)40(55)46-23)30-13-12-22-20-28(49-38(58-5)32(22)30)26-10-6-8-24(34(26)42)25-9-7-11-27(35(25)43)47-37-33-31(21-29(48-37)36(44)45)51(2)41(56)52(3)39(33)54/h6-11,20-21,23,30,36H,12-19H2,1-5H3,(H,46,55)(H,47,48). The summed E-state index contributed by atoms with van der Waals surface area (Å²) in [7, 11) is 8.03. The molecule has 2 aromatic carbocycles. The van der Waals surface area contributed by atoms with Crippen LogP contribution in [0.15, 0.2) is 58.1 Å². The van der Waals surface area contributed by atoms with Crippen LogP contribution in [0.3, 0.4) is 0 Å². The molecule has 2 amide bonds. The van der Waals surface area contributed by atoms with E-state index in [2.05, 4.69) is 27.6 Å². The predicted octanol–water partition coefficient (Wildman–Crippen LogP) is 7.10. The smallest absolute Gasteiger partial charge is 0.330 e. The summed E-state index contributed by atoms with van der Waals surface area (Å²) in [6.45, 7) is 2.56. The van der Waals surface area contributed by atoms with Crippen molar-refractivity contribution in [3.8, 4) is 28.3 Å². The van der Waals surface area contributed by atoms with Crippen molar-refractivity contribution in [1.82, 2.24) is 34.2 Å². The van der Waals surface area contributed by atoms with Gasteiger partial charge >= 0.3 is 11.7 Å². The van der Waals surface area contributed by atoms with Gasteiger partial charge in [0.25, 0.3) is 12.0 Å². The Morgan fingerprint density at radius 2 is 1.71 bits per heavy atom. The van der Waals surface area contributed by atoms with Gasteiger partial charge in [-0.3, -0.25) is 18.8 Å². The quantitative estimate of drug-likeness (QED) is 0.127. The van der Waals surface area contributed by atoms with Gasteiger partial charge in [-0.05, 0) is 56.5 Å². The first-order chi connectivity index (χ1) is 27.8. The van der Waals surface area contributed by atoms with Crippen LogP contribution in [-0.2, 0) is 25.3 Å². The number of hydrogen-bond acceptors (Lipinski definition) is 9. The lowest BCUT2D eigenvalue weighted by molar-refractivity contribution is 0.131. The zero-order chi connectivity index (χ0) is 41.4. The van der Waals surface area contributed by atoms with Crippen molar-refractivity contribution in [1.29, 1.82) is 0 Å². The number of urea groups is 1. The largest absolute Gasteiger partial charge is 0.481 e. The molecule has 2 N–H and O–H groups in total. The maximum Gasteiger partial charge on any atom is 0.330 e. The molecule has 2 aliphatic rings. The van der Waals surface area contributed by atoms with Gasteiger partial charge in [0.1, 0.15) is 16.9 Å². The summed E-state index contributed by atoms with van der Waals surface area (Å²) in [5, 5.41) is 6.65. The SMILES string of the molecule is COCCN1CCC(CCN(C)C2CCc3cc(-c4cccc(-c5cccc(Nc6nc(C(F)F)cc7c6c(=O)n(C)c(=O)n7C)c5Cl)c4Cl)nc(OC)c32)NC1=O. The molecule has 1 fully saturated rings. The van der Waals surface area contributed by atoms with E-state index in [1.165, 1.54) is 14.1 Å². The molecule has 4 heterocycles. The van der Waals surface area contributed by atoms with Gasteiger partial charge in [0.15, 0.2) is 0 Å². The number of anilines is 2. The van der Waals surface area contributed by atoms with Crippen LogP contribution < -0.4 is 26.6 Å². The van der Waals surface area contributed by atoms with E-state index >= 15 is 0 Å². The highest BCUT2D eigenvalue weighted by Crippen LogP contribution is 2.45. The maximum atomic E-state index is 14.0. The molecule has 1 aliphatic carbocycles. The fraction of sp³-hybridized carbons (Fsp3) is 0.390. The van der Waals surface area contributed by atoms with Gasteiger partial charge in [0.05, 0.1) is 40.7 Å². The molecule has 1 aliphatic heterocycles. The zero-order valence-corrected chi connectivity index (χ0v) is 34.3. The topological polar surface area (TPSA) is 136 Å². The minimum atomic E-state index is -2.97. The highest BCUT2D eigenvalue weighted by molar-refractivity contribution is 6.39. The molecule has 58 heavy (non-hydrogen) atoms. The molecule has 3 aromatic heterocycles. The molecule has 2 unspecified atom stereocenters. The van der Waals surface area contributed by atoms with Crippen molar-refractivity contribution >= 4 is 51.6 Å². The third-order valence-corrected chi connectivity index (χ3v) is 11.9. The number of benzene rings is 2. The zero-order valence-electron chi connectivity index (χ0n) is 32.7. The van der Waals surface area contributed by atoms with E-state index in [9.17, 15) is 23.2 Å². The summed E-state index contributed by atoms with van der Waals surface area (Å²) in [4.78, 5) is 51.6. The monoisotopic (exact) mass is 836 g/mol. The van der Waals surface area contributed by atoms with Crippen molar-refractivity contribution < 1.29 is 23.0 Å². The number of aromatic nitrogens is 4. The third-order valence-electron chi connectivity index (χ3n) is 11.1. The van der Waals surface area contributed by atoms with E-state index in [4.69, 9.17) is 37.7 Å². The number of pyridine rings is 2. The Morgan fingerprint density at radius 1 is 0.983 bits per heavy atom. The predicted molar refractivity (Wildman–Crippen MR) is 221 cm³/mol. The van der Waals surface area contributed by atoms with Crippen molar-refractivity contribution in [2.45, 2.75) is 44.2 Å². The first-order valence-corrected chi connectivity index (χ1v) is 19.6. The average molecular weight is 838 g/mol. The number of carbonyl (C=O) groups excluding carboxylic acids is 1. The van der Waals surface area contributed by atoms with E-state index in [-0.39, 0.29) is 45.5 Å². The van der Waals surface area contributed by atoms with Crippen LogP contribution in [-0.4, -0.2) is 88.5 Å². The van der Waals surface area contributed by atoms with E-state index in [1.807, 2.05) is 24.3 Å². The molecule has 0 spiro atoms. The molecule has 13 nitrogen and oxygen atoms in total.